The van der Waals surface area contributed by atoms with Crippen molar-refractivity contribution in [1.82, 2.24) is 14.7 Å². The number of halogens is 5. The predicted molar refractivity (Wildman–Crippen MR) is 113 cm³/mol. The zero-order valence-electron chi connectivity index (χ0n) is 18.3. The predicted octanol–water partition coefficient (Wildman–Crippen LogP) is 4.04. The minimum atomic E-state index is -4.71. The van der Waals surface area contributed by atoms with Crippen molar-refractivity contribution in [1.29, 1.82) is 0 Å². The van der Waals surface area contributed by atoms with Crippen molar-refractivity contribution in [3.05, 3.63) is 71.1 Å². The fourth-order valence-corrected chi connectivity index (χ4v) is 4.17. The van der Waals surface area contributed by atoms with Crippen LogP contribution >= 0.6 is 0 Å². The van der Waals surface area contributed by atoms with Crippen molar-refractivity contribution < 1.29 is 39.9 Å². The first-order chi connectivity index (χ1) is 16.2. The van der Waals surface area contributed by atoms with E-state index in [1.54, 1.807) is 0 Å². The number of amides is 1. The van der Waals surface area contributed by atoms with Crippen molar-refractivity contribution in [3.8, 4) is 11.4 Å². The first-order valence-corrected chi connectivity index (χ1v) is 12.0. The summed E-state index contributed by atoms with van der Waals surface area (Å²) in [6.07, 6.45) is -4.60. The van der Waals surface area contributed by atoms with Gasteiger partial charge in [-0.25, -0.2) is 21.9 Å². The van der Waals surface area contributed by atoms with E-state index in [4.69, 9.17) is 4.74 Å². The Morgan fingerprint density at radius 2 is 1.83 bits per heavy atom. The normalized spacial score (nSPS) is 14.7. The van der Waals surface area contributed by atoms with E-state index in [1.165, 1.54) is 21.8 Å². The summed E-state index contributed by atoms with van der Waals surface area (Å²) in [6, 6.07) is 6.03. The topological polar surface area (TPSA) is 81.5 Å². The van der Waals surface area contributed by atoms with Gasteiger partial charge in [0.1, 0.15) is 17.3 Å². The molecule has 1 aromatic heterocycles. The van der Waals surface area contributed by atoms with Crippen molar-refractivity contribution in [2.45, 2.75) is 37.2 Å². The highest BCUT2D eigenvalue weighted by atomic mass is 32.2. The third-order valence-corrected chi connectivity index (χ3v) is 6.51. The third kappa shape index (κ3) is 4.99. The van der Waals surface area contributed by atoms with E-state index in [-0.39, 0.29) is 29.2 Å². The molecule has 13 heteroatoms. The van der Waals surface area contributed by atoms with Crippen LogP contribution in [0.1, 0.15) is 28.5 Å². The molecule has 1 aliphatic heterocycles. The number of fused-ring (bicyclic) bond motifs is 1. The van der Waals surface area contributed by atoms with Crippen LogP contribution < -0.4 is 4.74 Å². The Balaban J connectivity index is 1.63. The molecule has 7 nitrogen and oxygen atoms in total. The van der Waals surface area contributed by atoms with E-state index in [0.717, 1.165) is 37.4 Å². The Labute approximate surface area is 196 Å². The molecule has 1 atom stereocenters. The van der Waals surface area contributed by atoms with Crippen molar-refractivity contribution in [3.63, 3.8) is 0 Å². The van der Waals surface area contributed by atoms with Gasteiger partial charge in [0.25, 0.3) is 5.91 Å². The lowest BCUT2D eigenvalue weighted by molar-refractivity contribution is -0.189. The number of alkyl halides is 3. The van der Waals surface area contributed by atoms with Gasteiger partial charge in [-0.1, -0.05) is 0 Å². The lowest BCUT2D eigenvalue weighted by Gasteiger charge is -2.22. The summed E-state index contributed by atoms with van der Waals surface area (Å²) in [5.41, 5.74) is 0.572. The molecule has 0 saturated heterocycles. The van der Waals surface area contributed by atoms with Crippen molar-refractivity contribution in [2.24, 2.45) is 0 Å². The minimum absolute atomic E-state index is 0.00338. The molecule has 4 rings (SSSR count). The van der Waals surface area contributed by atoms with E-state index in [1.807, 2.05) is 0 Å². The summed E-state index contributed by atoms with van der Waals surface area (Å²) >= 11 is 0. The van der Waals surface area contributed by atoms with E-state index in [9.17, 15) is 35.2 Å². The zero-order chi connectivity index (χ0) is 25.7. The molecule has 0 radical (unpaired) electrons. The second-order valence-corrected chi connectivity index (χ2v) is 10.1. The molecule has 35 heavy (non-hydrogen) atoms. The van der Waals surface area contributed by atoms with Gasteiger partial charge < -0.3 is 9.64 Å². The maximum absolute atomic E-state index is 14.1. The van der Waals surface area contributed by atoms with Gasteiger partial charge in [0.15, 0.2) is 21.8 Å². The first-order valence-electron chi connectivity index (χ1n) is 10.1. The van der Waals surface area contributed by atoms with E-state index in [2.05, 4.69) is 5.10 Å². The van der Waals surface area contributed by atoms with Crippen LogP contribution in [0.4, 0.5) is 22.0 Å². The number of hydrogen-bond donors (Lipinski definition) is 0. The van der Waals surface area contributed by atoms with Gasteiger partial charge in [0.05, 0.1) is 22.7 Å². The third-order valence-electron chi connectivity index (χ3n) is 5.40. The van der Waals surface area contributed by atoms with E-state index < -0.39 is 45.4 Å². The number of ether oxygens (including phenoxy) is 1. The SMILES string of the molecule is CC(Oc1ccc(S(C)(=O)=O)cc1C(=O)N1Cc2cn(-c3ccc(F)cc3F)nc2C1)C(F)(F)F. The van der Waals surface area contributed by atoms with Crippen LogP contribution in [0.5, 0.6) is 5.75 Å². The van der Waals surface area contributed by atoms with Crippen LogP contribution in [0.2, 0.25) is 0 Å². The maximum atomic E-state index is 14.1. The van der Waals surface area contributed by atoms with E-state index >= 15 is 0 Å². The summed E-state index contributed by atoms with van der Waals surface area (Å²) < 4.78 is 96.4. The highest BCUT2D eigenvalue weighted by molar-refractivity contribution is 7.90. The standard InChI is InChI=1S/C22H18F5N3O4S/c1-12(22(25,26)27)34-20-6-4-15(35(2,32)33)8-16(20)21(31)29-9-13-10-30(28-18(13)11-29)19-5-3-14(23)7-17(19)24/h3-8,10,12H,9,11H2,1-2H3. The molecule has 1 unspecified atom stereocenters. The maximum Gasteiger partial charge on any atom is 0.425 e. The summed E-state index contributed by atoms with van der Waals surface area (Å²) in [4.78, 5) is 14.2. The van der Waals surface area contributed by atoms with Crippen molar-refractivity contribution >= 4 is 15.7 Å². The van der Waals surface area contributed by atoms with Crippen LogP contribution in [0.3, 0.4) is 0 Å². The van der Waals surface area contributed by atoms with Gasteiger partial charge in [-0.3, -0.25) is 4.79 Å². The lowest BCUT2D eigenvalue weighted by Crippen LogP contribution is -2.33. The number of sulfone groups is 1. The second-order valence-electron chi connectivity index (χ2n) is 8.03. The molecule has 0 saturated carbocycles. The highest BCUT2D eigenvalue weighted by Gasteiger charge is 2.39. The fourth-order valence-electron chi connectivity index (χ4n) is 3.52. The number of carbonyl (C=O) groups is 1. The molecule has 0 bridgehead atoms. The molecular formula is C22H18F5N3O4S. The molecular weight excluding hydrogens is 497 g/mol. The van der Waals surface area contributed by atoms with Crippen LogP contribution in [0.15, 0.2) is 47.5 Å². The second kappa shape index (κ2) is 8.63. The molecule has 3 aromatic rings. The summed E-state index contributed by atoms with van der Waals surface area (Å²) in [5.74, 6) is -2.78. The quantitative estimate of drug-likeness (QED) is 0.480. The molecule has 186 valence electrons. The van der Waals surface area contributed by atoms with Gasteiger partial charge in [0.2, 0.25) is 0 Å². The zero-order valence-corrected chi connectivity index (χ0v) is 19.1. The average Bonchev–Trinajstić information content (AvgIpc) is 3.31. The van der Waals surface area contributed by atoms with Gasteiger partial charge in [0, 0.05) is 30.6 Å². The molecule has 0 fully saturated rings. The number of rotatable bonds is 5. The molecule has 2 aromatic carbocycles. The lowest BCUT2D eigenvalue weighted by atomic mass is 10.1. The Morgan fingerprint density at radius 3 is 2.43 bits per heavy atom. The average molecular weight is 515 g/mol. The van der Waals surface area contributed by atoms with Gasteiger partial charge in [-0.15, -0.1) is 0 Å². The largest absolute Gasteiger partial charge is 0.480 e. The minimum Gasteiger partial charge on any atom is -0.480 e. The van der Waals surface area contributed by atoms with Crippen LogP contribution in [-0.2, 0) is 22.9 Å². The number of benzene rings is 2. The van der Waals surface area contributed by atoms with Crippen LogP contribution in [0, 0.1) is 11.6 Å². The van der Waals surface area contributed by atoms with Gasteiger partial charge in [-0.2, -0.15) is 18.3 Å². The number of aromatic nitrogens is 2. The van der Waals surface area contributed by atoms with E-state index in [0.29, 0.717) is 17.3 Å². The Bertz CT molecular complexity index is 1400. The molecule has 2 heterocycles. The van der Waals surface area contributed by atoms with Crippen molar-refractivity contribution in [2.75, 3.05) is 6.26 Å². The van der Waals surface area contributed by atoms with Crippen LogP contribution in [0.25, 0.3) is 5.69 Å². The summed E-state index contributed by atoms with van der Waals surface area (Å²) in [5, 5.41) is 4.22. The molecule has 1 aliphatic rings. The van der Waals surface area contributed by atoms with Gasteiger partial charge in [-0.05, 0) is 37.3 Å². The highest BCUT2D eigenvalue weighted by Crippen LogP contribution is 2.32. The number of carbonyl (C=O) groups excluding carboxylic acids is 1. The number of hydrogen-bond acceptors (Lipinski definition) is 5. The van der Waals surface area contributed by atoms with Gasteiger partial charge >= 0.3 is 6.18 Å². The molecule has 0 N–H and O–H groups in total. The Kier molecular flexibility index (Phi) is 6.07. The Morgan fingerprint density at radius 1 is 1.11 bits per heavy atom. The Hall–Kier alpha value is -3.48. The fraction of sp³-hybridized carbons (Fsp3) is 0.273. The van der Waals surface area contributed by atoms with Crippen LogP contribution in [-0.4, -0.2) is 47.5 Å². The summed E-state index contributed by atoms with van der Waals surface area (Å²) in [6.45, 7) is 0.678. The monoisotopic (exact) mass is 515 g/mol. The molecule has 0 aliphatic carbocycles. The summed E-state index contributed by atoms with van der Waals surface area (Å²) in [7, 11) is -3.77. The first kappa shape index (κ1) is 24.6. The molecule has 0 spiro atoms. The number of nitrogens with zero attached hydrogens (tertiary/aromatic N) is 3. The molecule has 1 amide bonds. The smallest absolute Gasteiger partial charge is 0.425 e.